The van der Waals surface area contributed by atoms with Gasteiger partial charge in [-0.15, -0.1) is 11.6 Å². The first kappa shape index (κ1) is 13.1. The van der Waals surface area contributed by atoms with Crippen LogP contribution in [0.2, 0.25) is 5.02 Å². The molecule has 0 radical (unpaired) electrons. The van der Waals surface area contributed by atoms with Crippen LogP contribution in [0.3, 0.4) is 0 Å². The summed E-state index contributed by atoms with van der Waals surface area (Å²) >= 11 is 12.6. The summed E-state index contributed by atoms with van der Waals surface area (Å²) in [6.07, 6.45) is 3.16. The van der Waals surface area contributed by atoms with Gasteiger partial charge in [-0.05, 0) is 18.2 Å². The summed E-state index contributed by atoms with van der Waals surface area (Å²) in [4.78, 5) is 0. The molecule has 18 heavy (non-hydrogen) atoms. The molecule has 2 rings (SSSR count). The van der Waals surface area contributed by atoms with E-state index in [1.165, 1.54) is 0 Å². The summed E-state index contributed by atoms with van der Waals surface area (Å²) in [5.74, 6) is 1.06. The van der Waals surface area contributed by atoms with Gasteiger partial charge in [-0.25, -0.2) is 0 Å². The molecule has 2 aromatic rings. The van der Waals surface area contributed by atoms with E-state index in [2.05, 4.69) is 0 Å². The molecule has 0 bridgehead atoms. The first-order chi connectivity index (χ1) is 8.69. The van der Waals surface area contributed by atoms with E-state index in [0.29, 0.717) is 16.5 Å². The minimum Gasteiger partial charge on any atom is -0.495 e. The Morgan fingerprint density at radius 1 is 1.17 bits per heavy atom. The van der Waals surface area contributed by atoms with Crippen LogP contribution in [0.15, 0.2) is 35.1 Å². The summed E-state index contributed by atoms with van der Waals surface area (Å²) in [6, 6.07) is 5.39. The first-order valence-corrected chi connectivity index (χ1v) is 6.07. The molecule has 0 aliphatic carbocycles. The van der Waals surface area contributed by atoms with Crippen LogP contribution in [-0.4, -0.2) is 14.2 Å². The summed E-state index contributed by atoms with van der Waals surface area (Å²) in [6.45, 7) is 0. The number of methoxy groups -OCH3 is 2. The zero-order chi connectivity index (χ0) is 13.1. The van der Waals surface area contributed by atoms with Gasteiger partial charge < -0.3 is 13.9 Å². The fourth-order valence-corrected chi connectivity index (χ4v) is 2.34. The van der Waals surface area contributed by atoms with Crippen molar-refractivity contribution in [2.45, 2.75) is 5.38 Å². The van der Waals surface area contributed by atoms with Crippen LogP contribution in [0.5, 0.6) is 11.5 Å². The average molecular weight is 287 g/mol. The van der Waals surface area contributed by atoms with Gasteiger partial charge in [0.25, 0.3) is 0 Å². The van der Waals surface area contributed by atoms with Gasteiger partial charge in [0.2, 0.25) is 0 Å². The van der Waals surface area contributed by atoms with E-state index in [1.807, 2.05) is 6.07 Å². The summed E-state index contributed by atoms with van der Waals surface area (Å²) in [5.41, 5.74) is 1.61. The lowest BCUT2D eigenvalue weighted by molar-refractivity contribution is 0.392. The highest BCUT2D eigenvalue weighted by Crippen LogP contribution is 2.43. The second kappa shape index (κ2) is 5.55. The third-order valence-electron chi connectivity index (χ3n) is 2.63. The van der Waals surface area contributed by atoms with Crippen LogP contribution in [0.25, 0.3) is 0 Å². The van der Waals surface area contributed by atoms with E-state index in [-0.39, 0.29) is 5.38 Å². The zero-order valence-corrected chi connectivity index (χ0v) is 11.5. The molecule has 1 aromatic carbocycles. The van der Waals surface area contributed by atoms with Gasteiger partial charge in [0.05, 0.1) is 32.1 Å². The predicted molar refractivity (Wildman–Crippen MR) is 71.0 cm³/mol. The Morgan fingerprint density at radius 3 is 2.50 bits per heavy atom. The minimum absolute atomic E-state index is 0.387. The summed E-state index contributed by atoms with van der Waals surface area (Å²) in [5, 5.41) is 0.0220. The Kier molecular flexibility index (Phi) is 4.04. The fraction of sp³-hybridized carbons (Fsp3) is 0.231. The van der Waals surface area contributed by atoms with Crippen molar-refractivity contribution in [3.8, 4) is 11.5 Å². The molecular formula is C13H12Cl2O3. The largest absolute Gasteiger partial charge is 0.495 e. The van der Waals surface area contributed by atoms with Gasteiger partial charge in [-0.1, -0.05) is 11.6 Å². The van der Waals surface area contributed by atoms with Crippen molar-refractivity contribution in [1.29, 1.82) is 0 Å². The average Bonchev–Trinajstić information content (AvgIpc) is 2.91. The normalized spacial score (nSPS) is 12.2. The second-order valence-corrected chi connectivity index (χ2v) is 4.44. The number of benzene rings is 1. The van der Waals surface area contributed by atoms with Crippen molar-refractivity contribution in [1.82, 2.24) is 0 Å². The molecule has 0 amide bonds. The maximum absolute atomic E-state index is 6.38. The Morgan fingerprint density at radius 2 is 1.94 bits per heavy atom. The van der Waals surface area contributed by atoms with E-state index in [0.717, 1.165) is 11.1 Å². The maximum atomic E-state index is 6.38. The number of hydrogen-bond donors (Lipinski definition) is 0. The number of furan rings is 1. The summed E-state index contributed by atoms with van der Waals surface area (Å²) in [7, 11) is 3.09. The second-order valence-electron chi connectivity index (χ2n) is 3.62. The number of ether oxygens (including phenoxy) is 2. The molecule has 0 saturated carbocycles. The highest BCUT2D eigenvalue weighted by atomic mass is 35.5. The fourth-order valence-electron chi connectivity index (χ4n) is 1.72. The Hall–Kier alpha value is -1.32. The van der Waals surface area contributed by atoms with E-state index >= 15 is 0 Å². The van der Waals surface area contributed by atoms with Crippen LogP contribution < -0.4 is 9.47 Å². The van der Waals surface area contributed by atoms with Crippen LogP contribution in [0.1, 0.15) is 16.5 Å². The lowest BCUT2D eigenvalue weighted by atomic mass is 10.1. The monoisotopic (exact) mass is 286 g/mol. The number of hydrogen-bond acceptors (Lipinski definition) is 3. The van der Waals surface area contributed by atoms with Crippen molar-refractivity contribution in [3.05, 3.63) is 46.9 Å². The SMILES string of the molecule is COc1ccc(C(Cl)c2ccoc2)c(OC)c1Cl. The minimum atomic E-state index is -0.387. The van der Waals surface area contributed by atoms with E-state index in [4.69, 9.17) is 37.1 Å². The third-order valence-corrected chi connectivity index (χ3v) is 3.47. The molecule has 96 valence electrons. The molecule has 1 atom stereocenters. The van der Waals surface area contributed by atoms with Crippen LogP contribution >= 0.6 is 23.2 Å². The molecule has 0 aliphatic heterocycles. The Labute approximate surface area is 115 Å². The van der Waals surface area contributed by atoms with Gasteiger partial charge in [0, 0.05) is 11.1 Å². The Bertz CT molecular complexity index is 523. The van der Waals surface area contributed by atoms with Crippen LogP contribution in [0.4, 0.5) is 0 Å². The van der Waals surface area contributed by atoms with Crippen molar-refractivity contribution >= 4 is 23.2 Å². The molecule has 5 heteroatoms. The smallest absolute Gasteiger partial charge is 0.146 e. The van der Waals surface area contributed by atoms with E-state index in [1.54, 1.807) is 38.9 Å². The van der Waals surface area contributed by atoms with Crippen molar-refractivity contribution in [2.24, 2.45) is 0 Å². The number of rotatable bonds is 4. The molecule has 0 saturated heterocycles. The van der Waals surface area contributed by atoms with Crippen molar-refractivity contribution in [2.75, 3.05) is 14.2 Å². The van der Waals surface area contributed by atoms with Gasteiger partial charge >= 0.3 is 0 Å². The summed E-state index contributed by atoms with van der Waals surface area (Å²) < 4.78 is 15.5. The standard InChI is InChI=1S/C13H12Cl2O3/c1-16-10-4-3-9(13(17-2)12(10)15)11(14)8-5-6-18-7-8/h3-7,11H,1-2H3. The van der Waals surface area contributed by atoms with E-state index < -0.39 is 0 Å². The molecule has 3 nitrogen and oxygen atoms in total. The molecular weight excluding hydrogens is 275 g/mol. The highest BCUT2D eigenvalue weighted by Gasteiger charge is 2.21. The quantitative estimate of drug-likeness (QED) is 0.787. The third kappa shape index (κ3) is 2.28. The predicted octanol–water partition coefficient (Wildman–Crippen LogP) is 4.28. The van der Waals surface area contributed by atoms with Gasteiger partial charge in [-0.2, -0.15) is 0 Å². The number of alkyl halides is 1. The topological polar surface area (TPSA) is 31.6 Å². The van der Waals surface area contributed by atoms with Crippen molar-refractivity contribution < 1.29 is 13.9 Å². The molecule has 0 spiro atoms. The van der Waals surface area contributed by atoms with Gasteiger partial charge in [-0.3, -0.25) is 0 Å². The molecule has 0 aliphatic rings. The first-order valence-electron chi connectivity index (χ1n) is 5.25. The van der Waals surface area contributed by atoms with Crippen LogP contribution in [0, 0.1) is 0 Å². The molecule has 1 heterocycles. The Balaban J connectivity index is 2.48. The van der Waals surface area contributed by atoms with Gasteiger partial charge in [0.15, 0.2) is 0 Å². The van der Waals surface area contributed by atoms with Crippen LogP contribution in [-0.2, 0) is 0 Å². The highest BCUT2D eigenvalue weighted by molar-refractivity contribution is 6.34. The molecule has 0 N–H and O–H groups in total. The lowest BCUT2D eigenvalue weighted by Gasteiger charge is -2.16. The van der Waals surface area contributed by atoms with Gasteiger partial charge in [0.1, 0.15) is 16.5 Å². The van der Waals surface area contributed by atoms with Crippen molar-refractivity contribution in [3.63, 3.8) is 0 Å². The number of halogens is 2. The molecule has 1 unspecified atom stereocenters. The lowest BCUT2D eigenvalue weighted by Crippen LogP contribution is -1.98. The molecule has 1 aromatic heterocycles. The van der Waals surface area contributed by atoms with E-state index in [9.17, 15) is 0 Å². The maximum Gasteiger partial charge on any atom is 0.146 e. The zero-order valence-electron chi connectivity index (χ0n) is 9.94. The molecule has 0 fully saturated rings.